The van der Waals surface area contributed by atoms with Gasteiger partial charge in [-0.3, -0.25) is 4.79 Å². The Morgan fingerprint density at radius 3 is 3.06 bits per heavy atom. The Bertz CT molecular complexity index is 636. The van der Waals surface area contributed by atoms with E-state index in [0.29, 0.717) is 6.42 Å². The van der Waals surface area contributed by atoms with Crippen molar-refractivity contribution in [1.82, 2.24) is 0 Å². The fraction of sp³-hybridized carbons (Fsp3) is 0.312. The molecule has 0 aliphatic heterocycles. The van der Waals surface area contributed by atoms with Crippen LogP contribution in [0.5, 0.6) is 5.75 Å². The third-order valence-electron chi connectivity index (χ3n) is 4.49. The predicted octanol–water partition coefficient (Wildman–Crippen LogP) is 2.72. The van der Waals surface area contributed by atoms with Gasteiger partial charge in [-0.25, -0.2) is 0 Å². The summed E-state index contributed by atoms with van der Waals surface area (Å²) in [4.78, 5) is 11.6. The van der Waals surface area contributed by atoms with E-state index in [1.165, 1.54) is 22.3 Å². The molecule has 1 aromatic rings. The van der Waals surface area contributed by atoms with E-state index in [1.54, 1.807) is 7.11 Å². The van der Waals surface area contributed by atoms with Crippen LogP contribution in [0.4, 0.5) is 0 Å². The van der Waals surface area contributed by atoms with Crippen molar-refractivity contribution in [1.29, 1.82) is 0 Å². The molecular weight excluding hydrogens is 224 g/mol. The molecule has 0 saturated carbocycles. The Labute approximate surface area is 106 Å². The molecule has 2 heteroatoms. The molecule has 4 aliphatic carbocycles. The summed E-state index contributed by atoms with van der Waals surface area (Å²) < 4.78 is 5.29. The largest absolute Gasteiger partial charge is 0.497 e. The average Bonchev–Trinajstić information content (AvgIpc) is 2.40. The van der Waals surface area contributed by atoms with Gasteiger partial charge in [-0.05, 0) is 53.3 Å². The van der Waals surface area contributed by atoms with Crippen molar-refractivity contribution in [2.75, 3.05) is 7.11 Å². The van der Waals surface area contributed by atoms with Crippen LogP contribution < -0.4 is 4.74 Å². The van der Waals surface area contributed by atoms with E-state index in [4.69, 9.17) is 4.74 Å². The summed E-state index contributed by atoms with van der Waals surface area (Å²) in [7, 11) is 1.70. The minimum atomic E-state index is 0.0447. The zero-order chi connectivity index (χ0) is 12.3. The van der Waals surface area contributed by atoms with Crippen molar-refractivity contribution >= 4 is 5.78 Å². The average molecular weight is 238 g/mol. The van der Waals surface area contributed by atoms with E-state index in [0.717, 1.165) is 18.6 Å². The summed E-state index contributed by atoms with van der Waals surface area (Å²) in [5, 5.41) is 0. The lowest BCUT2D eigenvalue weighted by atomic mass is 9.52. The highest BCUT2D eigenvalue weighted by molar-refractivity contribution is 5.95. The molecule has 0 aromatic heterocycles. The van der Waals surface area contributed by atoms with Gasteiger partial charge in [0, 0.05) is 11.8 Å². The van der Waals surface area contributed by atoms with Crippen LogP contribution >= 0.6 is 0 Å². The van der Waals surface area contributed by atoms with Gasteiger partial charge in [0.2, 0.25) is 0 Å². The number of carbonyl (C=O) groups excluding carboxylic acids is 1. The molecule has 0 saturated heterocycles. The molecule has 0 heterocycles. The molecule has 0 N–H and O–H groups in total. The van der Waals surface area contributed by atoms with Crippen LogP contribution in [0.15, 0.2) is 41.5 Å². The van der Waals surface area contributed by atoms with E-state index in [-0.39, 0.29) is 11.2 Å². The van der Waals surface area contributed by atoms with Crippen molar-refractivity contribution < 1.29 is 9.53 Å². The summed E-state index contributed by atoms with van der Waals surface area (Å²) in [5.74, 6) is 1.20. The number of benzene rings is 1. The van der Waals surface area contributed by atoms with Crippen LogP contribution in [-0.4, -0.2) is 12.9 Å². The molecule has 1 unspecified atom stereocenters. The number of hydrogen-bond donors (Lipinski definition) is 0. The number of carbonyl (C=O) groups is 1. The van der Waals surface area contributed by atoms with Gasteiger partial charge in [-0.2, -0.15) is 0 Å². The lowest BCUT2D eigenvalue weighted by Crippen LogP contribution is -2.43. The Morgan fingerprint density at radius 2 is 2.22 bits per heavy atom. The lowest BCUT2D eigenvalue weighted by Gasteiger charge is -2.50. The van der Waals surface area contributed by atoms with E-state index < -0.39 is 0 Å². The van der Waals surface area contributed by atoms with E-state index >= 15 is 0 Å². The maximum Gasteiger partial charge on any atom is 0.156 e. The molecule has 0 radical (unpaired) electrons. The molecule has 0 fully saturated rings. The third-order valence-corrected chi connectivity index (χ3v) is 4.49. The molecule has 2 nitrogen and oxygen atoms in total. The highest BCUT2D eigenvalue weighted by Crippen LogP contribution is 2.57. The molecule has 2 bridgehead atoms. The second-order valence-corrected chi connectivity index (χ2v) is 5.37. The first-order chi connectivity index (χ1) is 8.73. The van der Waals surface area contributed by atoms with Crippen LogP contribution in [0.25, 0.3) is 0 Å². The van der Waals surface area contributed by atoms with Gasteiger partial charge in [0.25, 0.3) is 0 Å². The number of hydrogen-bond acceptors (Lipinski definition) is 2. The first-order valence-electron chi connectivity index (χ1n) is 6.37. The minimum absolute atomic E-state index is 0.0447. The van der Waals surface area contributed by atoms with Crippen LogP contribution in [0.1, 0.15) is 24.0 Å². The molecule has 4 aliphatic rings. The molecule has 1 atom stereocenters. The SMILES string of the molecule is COc1ccc2c(c1)CC1=CC23CCC(=O)C=C13. The van der Waals surface area contributed by atoms with Crippen LogP contribution in [0.2, 0.25) is 0 Å². The Kier molecular flexibility index (Phi) is 1.76. The standard InChI is InChI=1S/C16H14O2/c1-18-13-2-3-14-10(7-13)6-11-9-16(14)5-4-12(17)8-15(11)16/h2-3,7-9H,4-6H2,1H3. The van der Waals surface area contributed by atoms with Crippen LogP contribution in [0.3, 0.4) is 0 Å². The number of ether oxygens (including phenoxy) is 1. The van der Waals surface area contributed by atoms with Gasteiger partial charge in [0.15, 0.2) is 5.78 Å². The van der Waals surface area contributed by atoms with E-state index in [1.807, 2.05) is 12.1 Å². The number of allylic oxidation sites excluding steroid dienone is 4. The summed E-state index contributed by atoms with van der Waals surface area (Å²) in [6, 6.07) is 6.33. The Hall–Kier alpha value is -1.83. The lowest BCUT2D eigenvalue weighted by molar-refractivity contribution is -0.115. The molecule has 5 rings (SSSR count). The fourth-order valence-corrected chi connectivity index (χ4v) is 3.63. The fourth-order valence-electron chi connectivity index (χ4n) is 3.63. The smallest absolute Gasteiger partial charge is 0.156 e. The van der Waals surface area contributed by atoms with Crippen molar-refractivity contribution in [2.45, 2.75) is 24.7 Å². The van der Waals surface area contributed by atoms with E-state index in [9.17, 15) is 4.79 Å². The molecule has 18 heavy (non-hydrogen) atoms. The summed E-state index contributed by atoms with van der Waals surface area (Å²) in [6.45, 7) is 0. The van der Waals surface area contributed by atoms with Crippen molar-refractivity contribution in [3.63, 3.8) is 0 Å². The Balaban J connectivity index is 1.91. The molecular formula is C16H14O2. The second-order valence-electron chi connectivity index (χ2n) is 5.37. The number of methoxy groups -OCH3 is 1. The molecule has 1 spiro atoms. The maximum absolute atomic E-state index is 11.6. The normalized spacial score (nSPS) is 27.5. The third kappa shape index (κ3) is 1.06. The summed E-state index contributed by atoms with van der Waals surface area (Å²) in [5.41, 5.74) is 5.39. The van der Waals surface area contributed by atoms with Gasteiger partial charge in [0.1, 0.15) is 5.75 Å². The van der Waals surface area contributed by atoms with Crippen LogP contribution in [0, 0.1) is 0 Å². The highest BCUT2D eigenvalue weighted by Gasteiger charge is 2.49. The number of rotatable bonds is 1. The zero-order valence-electron chi connectivity index (χ0n) is 10.3. The molecule has 0 amide bonds. The molecule has 1 aromatic carbocycles. The quantitative estimate of drug-likeness (QED) is 0.752. The first kappa shape index (κ1) is 10.1. The Morgan fingerprint density at radius 1 is 1.33 bits per heavy atom. The van der Waals surface area contributed by atoms with Crippen LogP contribution in [-0.2, 0) is 16.6 Å². The predicted molar refractivity (Wildman–Crippen MR) is 68.8 cm³/mol. The second kappa shape index (κ2) is 3.14. The molecule has 90 valence electrons. The number of ketones is 1. The summed E-state index contributed by atoms with van der Waals surface area (Å²) >= 11 is 0. The van der Waals surface area contributed by atoms with Crippen molar-refractivity contribution in [2.24, 2.45) is 0 Å². The first-order valence-corrected chi connectivity index (χ1v) is 6.37. The van der Waals surface area contributed by atoms with Gasteiger partial charge in [-0.15, -0.1) is 0 Å². The maximum atomic E-state index is 11.6. The van der Waals surface area contributed by atoms with E-state index in [2.05, 4.69) is 18.2 Å². The minimum Gasteiger partial charge on any atom is -0.497 e. The van der Waals surface area contributed by atoms with Gasteiger partial charge >= 0.3 is 0 Å². The highest BCUT2D eigenvalue weighted by atomic mass is 16.5. The van der Waals surface area contributed by atoms with Crippen molar-refractivity contribution in [3.8, 4) is 5.75 Å². The van der Waals surface area contributed by atoms with Gasteiger partial charge in [-0.1, -0.05) is 12.1 Å². The van der Waals surface area contributed by atoms with Gasteiger partial charge < -0.3 is 4.74 Å². The summed E-state index contributed by atoms with van der Waals surface area (Å²) in [6.07, 6.45) is 6.76. The zero-order valence-corrected chi connectivity index (χ0v) is 10.3. The topological polar surface area (TPSA) is 26.3 Å². The monoisotopic (exact) mass is 238 g/mol. The van der Waals surface area contributed by atoms with Gasteiger partial charge in [0.05, 0.1) is 7.11 Å². The van der Waals surface area contributed by atoms with Crippen molar-refractivity contribution in [3.05, 3.63) is 52.6 Å².